The van der Waals surface area contributed by atoms with Gasteiger partial charge in [-0.05, 0) is 19.2 Å². The van der Waals surface area contributed by atoms with E-state index in [1.54, 1.807) is 0 Å². The topological polar surface area (TPSA) is 63.3 Å². The zero-order valence-electron chi connectivity index (χ0n) is 14.8. The number of aliphatic carboxylic acids is 1. The van der Waals surface area contributed by atoms with E-state index >= 15 is 0 Å². The number of halogens is 1. The summed E-state index contributed by atoms with van der Waals surface area (Å²) in [5.74, 6) is -2.34. The molecule has 0 aliphatic rings. The molecule has 3 N–H and O–H groups in total. The van der Waals surface area contributed by atoms with Crippen molar-refractivity contribution in [2.24, 2.45) is 5.73 Å². The summed E-state index contributed by atoms with van der Waals surface area (Å²) >= 11 is 0. The van der Waals surface area contributed by atoms with Crippen molar-refractivity contribution in [1.82, 2.24) is 0 Å². The summed E-state index contributed by atoms with van der Waals surface area (Å²) in [5.41, 5.74) is 4.80. The highest BCUT2D eigenvalue weighted by Gasteiger charge is 1.94. The third-order valence-corrected chi connectivity index (χ3v) is 0.367. The zero-order chi connectivity index (χ0) is 16.1. The van der Waals surface area contributed by atoms with Gasteiger partial charge < -0.3 is 10.8 Å². The summed E-state index contributed by atoms with van der Waals surface area (Å²) in [6.07, 6.45) is -15.2. The quantitative estimate of drug-likeness (QED) is 0.659. The highest BCUT2D eigenvalue weighted by atomic mass is 35.5. The van der Waals surface area contributed by atoms with Gasteiger partial charge in [0.2, 0.25) is 0 Å². The lowest BCUT2D eigenvalue weighted by Crippen LogP contribution is -1.99. The van der Waals surface area contributed by atoms with Crippen molar-refractivity contribution in [2.75, 3.05) is 6.50 Å². The van der Waals surface area contributed by atoms with Gasteiger partial charge in [0.15, 0.2) is 0 Å². The average Bonchev–Trinajstić information content (AvgIpc) is 2.14. The van der Waals surface area contributed by atoms with Crippen LogP contribution in [0.2, 0.25) is 0 Å². The van der Waals surface area contributed by atoms with Crippen molar-refractivity contribution in [3.63, 3.8) is 0 Å². The van der Waals surface area contributed by atoms with E-state index in [1.807, 2.05) is 0 Å². The van der Waals surface area contributed by atoms with Gasteiger partial charge in [-0.25, -0.2) is 0 Å². The summed E-state index contributed by atoms with van der Waals surface area (Å²) in [4.78, 5) is 10.7. The number of nitrogens with two attached hydrogens (primary N) is 1. The summed E-state index contributed by atoms with van der Waals surface area (Å²) in [6, 6.07) is 0. The molecule has 0 radical (unpaired) electrons. The minimum Gasteiger partial charge on any atom is -0.481 e. The van der Waals surface area contributed by atoms with Crippen LogP contribution in [0.3, 0.4) is 0 Å². The largest absolute Gasteiger partial charge is 0.481 e. The first-order valence-corrected chi connectivity index (χ1v) is 1.97. The Hall–Kier alpha value is -0.280. The molecule has 0 aromatic rings. The summed E-state index contributed by atoms with van der Waals surface area (Å²) in [7, 11) is 0. The normalized spacial score (nSPS) is 30.5. The van der Waals surface area contributed by atoms with E-state index in [0.29, 0.717) is 0 Å². The van der Waals surface area contributed by atoms with Crippen LogP contribution in [-0.2, 0) is 4.79 Å². The first-order valence-electron chi connectivity index (χ1n) is 6.97. The Morgan fingerprint density at radius 3 is 2.50 bits per heavy atom. The number of carbonyl (C=O) groups is 1. The van der Waals surface area contributed by atoms with Gasteiger partial charge in [0.05, 0.1) is 0 Å². The van der Waals surface area contributed by atoms with Gasteiger partial charge in [0.1, 0.15) is 0 Å². The summed E-state index contributed by atoms with van der Waals surface area (Å²) in [5, 5.41) is 8.58. The van der Waals surface area contributed by atoms with Crippen LogP contribution in [0.5, 0.6) is 0 Å². The minimum absolute atomic E-state index is 0. The van der Waals surface area contributed by atoms with Gasteiger partial charge in [0, 0.05) is 20.1 Å². The fourth-order valence-corrected chi connectivity index (χ4v) is 0.152. The molecule has 3 nitrogen and oxygen atoms in total. The number of carboxylic acid groups (broad SMARTS) is 1. The van der Waals surface area contributed by atoms with Crippen LogP contribution in [0.15, 0.2) is 0 Å². The Bertz CT molecular complexity index is 378. The van der Waals surface area contributed by atoms with Gasteiger partial charge in [-0.15, -0.1) is 12.4 Å². The van der Waals surface area contributed by atoms with Crippen molar-refractivity contribution >= 4 is 18.4 Å². The molecule has 0 fully saturated rings. The number of hydrogen-bond donors (Lipinski definition) is 2. The van der Waals surface area contributed by atoms with Gasteiger partial charge >= 0.3 is 5.97 Å². The van der Waals surface area contributed by atoms with Crippen LogP contribution in [0.25, 0.3) is 0 Å². The van der Waals surface area contributed by atoms with Crippen LogP contribution < -0.4 is 5.73 Å². The maximum atomic E-state index is 10.7. The second-order valence-electron chi connectivity index (χ2n) is 0.949. The van der Waals surface area contributed by atoms with Crippen molar-refractivity contribution in [3.8, 4) is 0 Å². The number of carboxylic acids is 1. The first-order chi connectivity index (χ1) is 7.94. The highest BCUT2D eigenvalue weighted by molar-refractivity contribution is 5.85. The molecule has 0 unspecified atom stereocenters. The molecule has 0 atom stereocenters. The zero-order valence-corrected chi connectivity index (χ0v) is 5.66. The van der Waals surface area contributed by atoms with Crippen LogP contribution in [-0.4, -0.2) is 17.6 Å². The van der Waals surface area contributed by atoms with Crippen molar-refractivity contribution < 1.29 is 23.6 Å². The monoisotopic (exact) mass is 177 g/mol. The Kier molecular flexibility index (Phi) is 2.05. The average molecular weight is 178 g/mol. The molecule has 0 aliphatic heterocycles. The molecule has 0 amide bonds. The molecule has 0 aromatic heterocycles. The van der Waals surface area contributed by atoms with E-state index in [0.717, 1.165) is 0 Å². The number of rotatable bonds is 5. The van der Waals surface area contributed by atoms with E-state index in [-0.39, 0.29) is 12.4 Å². The Morgan fingerprint density at radius 2 is 2.10 bits per heavy atom. The molecular formula is C6H14ClNO2. The van der Waals surface area contributed by atoms with Crippen molar-refractivity contribution in [2.45, 2.75) is 25.5 Å². The maximum absolute atomic E-state index is 10.7. The van der Waals surface area contributed by atoms with Crippen LogP contribution in [0.4, 0.5) is 0 Å². The smallest absolute Gasteiger partial charge is 0.303 e. The molecule has 62 valence electrons. The predicted octanol–water partition coefficient (Wildman–Crippen LogP) is 1.01. The third kappa shape index (κ3) is 10.7. The molecule has 0 spiro atoms. The molecule has 0 saturated carbocycles. The van der Waals surface area contributed by atoms with Gasteiger partial charge in [-0.2, -0.15) is 0 Å². The molecule has 10 heavy (non-hydrogen) atoms. The van der Waals surface area contributed by atoms with Crippen LogP contribution in [0, 0.1) is 0 Å². The van der Waals surface area contributed by atoms with Crippen molar-refractivity contribution in [1.29, 1.82) is 0 Å². The molecule has 0 aliphatic carbocycles. The predicted molar refractivity (Wildman–Crippen MR) is 42.4 cm³/mol. The molecule has 0 bridgehead atoms. The van der Waals surface area contributed by atoms with E-state index in [2.05, 4.69) is 0 Å². The maximum Gasteiger partial charge on any atom is 0.303 e. The Balaban J connectivity index is 0. The lowest BCUT2D eigenvalue weighted by molar-refractivity contribution is -0.137. The summed E-state index contributed by atoms with van der Waals surface area (Å²) in [6.45, 7) is -3.35. The van der Waals surface area contributed by atoms with E-state index in [9.17, 15) is 4.79 Å². The Labute approximate surface area is 81.1 Å². The standard InChI is InChI=1S/C6H13NO2.ClH/c7-5-3-1-2-4-6(8)9;/h1-5,7H2,(H,8,9);1H/i1D2,2D2,3D2,4D2,5D2;. The second-order valence-corrected chi connectivity index (χ2v) is 0.949. The van der Waals surface area contributed by atoms with Crippen molar-refractivity contribution in [3.05, 3.63) is 0 Å². The van der Waals surface area contributed by atoms with Gasteiger partial charge in [-0.3, -0.25) is 4.79 Å². The third-order valence-electron chi connectivity index (χ3n) is 0.367. The fourth-order valence-electron chi connectivity index (χ4n) is 0.152. The minimum atomic E-state index is -3.87. The number of hydrogen-bond acceptors (Lipinski definition) is 2. The second kappa shape index (κ2) is 8.72. The van der Waals surface area contributed by atoms with E-state index < -0.39 is 38.0 Å². The molecule has 0 rings (SSSR count). The molecule has 0 aromatic carbocycles. The van der Waals surface area contributed by atoms with Crippen LogP contribution >= 0.6 is 12.4 Å². The SMILES string of the molecule is Cl.[2H]C([2H])(N)C([2H])([2H])C([2H])([2H])C([2H])([2H])C([2H])([2H])C(=O)O. The highest BCUT2D eigenvalue weighted by Crippen LogP contribution is 1.97. The first kappa shape index (κ1) is 2.35. The van der Waals surface area contributed by atoms with Gasteiger partial charge in [0.25, 0.3) is 0 Å². The molecule has 0 saturated heterocycles. The van der Waals surface area contributed by atoms with Gasteiger partial charge in [-0.1, -0.05) is 6.37 Å². The fraction of sp³-hybridized carbons (Fsp3) is 0.833. The lowest BCUT2D eigenvalue weighted by atomic mass is 10.2. The molecule has 0 heterocycles. The lowest BCUT2D eigenvalue weighted by Gasteiger charge is -1.93. The van der Waals surface area contributed by atoms with Crippen LogP contribution in [0.1, 0.15) is 39.2 Å². The molecular weight excluding hydrogens is 154 g/mol. The van der Waals surface area contributed by atoms with E-state index in [4.69, 9.17) is 24.5 Å². The molecule has 4 heteroatoms. The Morgan fingerprint density at radius 1 is 1.50 bits per heavy atom. The summed E-state index contributed by atoms with van der Waals surface area (Å²) < 4.78 is 71.7. The van der Waals surface area contributed by atoms with E-state index in [1.165, 1.54) is 0 Å².